The highest BCUT2D eigenvalue weighted by molar-refractivity contribution is 6.30. The van der Waals surface area contributed by atoms with Crippen molar-refractivity contribution in [2.75, 3.05) is 0 Å². The molecule has 1 aliphatic rings. The minimum Gasteiger partial charge on any atom is -0.345 e. The van der Waals surface area contributed by atoms with E-state index in [-0.39, 0.29) is 18.0 Å². The molecule has 104 valence electrons. The lowest BCUT2D eigenvalue weighted by Crippen LogP contribution is -2.51. The van der Waals surface area contributed by atoms with Gasteiger partial charge in [-0.05, 0) is 43.0 Å². The number of carbonyl (C=O) groups excluding carboxylic acids is 1. The minimum atomic E-state index is -0.227. The van der Waals surface area contributed by atoms with Crippen molar-refractivity contribution in [3.05, 3.63) is 53.3 Å². The van der Waals surface area contributed by atoms with E-state index in [1.165, 1.54) is 0 Å². The first-order valence-corrected chi connectivity index (χ1v) is 7.10. The zero-order valence-electron chi connectivity index (χ0n) is 11.1. The van der Waals surface area contributed by atoms with Gasteiger partial charge < -0.3 is 5.32 Å². The number of carbonyl (C=O) groups is 1. The number of hydrogen-bond acceptors (Lipinski definition) is 2. The van der Waals surface area contributed by atoms with Gasteiger partial charge in [0.15, 0.2) is 0 Å². The topological polar surface area (TPSA) is 46.9 Å². The average Bonchev–Trinajstić information content (AvgIpc) is 2.88. The Morgan fingerprint density at radius 1 is 1.35 bits per heavy atom. The van der Waals surface area contributed by atoms with Crippen LogP contribution >= 0.6 is 11.6 Å². The molecule has 0 spiro atoms. The maximum absolute atomic E-state index is 12.2. The first-order chi connectivity index (χ1) is 9.68. The Morgan fingerprint density at radius 2 is 2.10 bits per heavy atom. The highest BCUT2D eigenvalue weighted by Crippen LogP contribution is 2.41. The molecule has 1 heterocycles. The maximum Gasteiger partial charge on any atom is 0.242 e. The summed E-state index contributed by atoms with van der Waals surface area (Å²) in [5.41, 5.74) is 0.899. The fourth-order valence-electron chi connectivity index (χ4n) is 2.63. The van der Waals surface area contributed by atoms with Gasteiger partial charge in [-0.1, -0.05) is 23.7 Å². The molecule has 3 rings (SSSR count). The molecule has 5 heteroatoms. The molecule has 0 bridgehead atoms. The summed E-state index contributed by atoms with van der Waals surface area (Å²) in [7, 11) is 0. The smallest absolute Gasteiger partial charge is 0.242 e. The fourth-order valence-corrected chi connectivity index (χ4v) is 2.76. The van der Waals surface area contributed by atoms with Crippen LogP contribution in [0.4, 0.5) is 0 Å². The third kappa shape index (κ3) is 2.56. The first-order valence-electron chi connectivity index (χ1n) is 6.72. The first kappa shape index (κ1) is 13.2. The summed E-state index contributed by atoms with van der Waals surface area (Å²) in [5, 5.41) is 7.93. The van der Waals surface area contributed by atoms with Crippen LogP contribution in [-0.4, -0.2) is 15.7 Å². The van der Waals surface area contributed by atoms with Crippen LogP contribution in [0.15, 0.2) is 42.7 Å². The molecule has 0 unspecified atom stereocenters. The summed E-state index contributed by atoms with van der Waals surface area (Å²) in [6, 6.07) is 9.55. The Labute approximate surface area is 122 Å². The Morgan fingerprint density at radius 3 is 2.65 bits per heavy atom. The number of nitrogens with one attached hydrogen (secondary N) is 1. The van der Waals surface area contributed by atoms with Gasteiger partial charge in [0.25, 0.3) is 0 Å². The van der Waals surface area contributed by atoms with Crippen molar-refractivity contribution in [3.63, 3.8) is 0 Å². The largest absolute Gasteiger partial charge is 0.345 e. The second kappa shape index (κ2) is 5.29. The second-order valence-corrected chi connectivity index (χ2v) is 5.63. The monoisotopic (exact) mass is 289 g/mol. The van der Waals surface area contributed by atoms with E-state index in [4.69, 9.17) is 11.6 Å². The van der Waals surface area contributed by atoms with E-state index in [2.05, 4.69) is 10.4 Å². The number of hydrogen-bond donors (Lipinski definition) is 1. The predicted molar refractivity (Wildman–Crippen MR) is 77.4 cm³/mol. The van der Waals surface area contributed by atoms with Crippen LogP contribution in [0.3, 0.4) is 0 Å². The van der Waals surface area contributed by atoms with Gasteiger partial charge in [-0.2, -0.15) is 5.10 Å². The van der Waals surface area contributed by atoms with Gasteiger partial charge in [0, 0.05) is 17.4 Å². The van der Waals surface area contributed by atoms with Gasteiger partial charge in [0.1, 0.15) is 6.54 Å². The predicted octanol–water partition coefficient (Wildman–Crippen LogP) is 2.73. The van der Waals surface area contributed by atoms with Crippen LogP contribution in [0.2, 0.25) is 5.02 Å². The number of nitrogens with zero attached hydrogens (tertiary/aromatic N) is 2. The third-order valence-corrected chi connectivity index (χ3v) is 4.10. The molecule has 0 saturated heterocycles. The van der Waals surface area contributed by atoms with E-state index in [0.717, 1.165) is 24.8 Å². The zero-order valence-corrected chi connectivity index (χ0v) is 11.8. The molecular formula is C15H16ClN3O. The van der Waals surface area contributed by atoms with Gasteiger partial charge >= 0.3 is 0 Å². The molecule has 1 aromatic carbocycles. The summed E-state index contributed by atoms with van der Waals surface area (Å²) in [5.74, 6) is -0.0108. The van der Waals surface area contributed by atoms with Crippen LogP contribution in [-0.2, 0) is 16.9 Å². The number of rotatable bonds is 4. The summed E-state index contributed by atoms with van der Waals surface area (Å²) >= 11 is 5.92. The zero-order chi connectivity index (χ0) is 14.0. The quantitative estimate of drug-likeness (QED) is 0.941. The van der Waals surface area contributed by atoms with Crippen molar-refractivity contribution >= 4 is 17.5 Å². The Hall–Kier alpha value is -1.81. The van der Waals surface area contributed by atoms with Crippen LogP contribution in [0.1, 0.15) is 24.8 Å². The SMILES string of the molecule is O=C(Cn1cccn1)NC1(c2ccc(Cl)cc2)CCC1. The van der Waals surface area contributed by atoms with Crippen molar-refractivity contribution in [1.29, 1.82) is 0 Å². The number of benzene rings is 1. The molecular weight excluding hydrogens is 274 g/mol. The Bertz CT molecular complexity index is 588. The van der Waals surface area contributed by atoms with Gasteiger partial charge in [-0.3, -0.25) is 9.48 Å². The number of aromatic nitrogens is 2. The lowest BCUT2D eigenvalue weighted by Gasteiger charge is -2.43. The molecule has 1 amide bonds. The second-order valence-electron chi connectivity index (χ2n) is 5.19. The van der Waals surface area contributed by atoms with E-state index >= 15 is 0 Å². The molecule has 4 nitrogen and oxygen atoms in total. The summed E-state index contributed by atoms with van der Waals surface area (Å²) in [4.78, 5) is 12.2. The molecule has 1 aromatic heterocycles. The van der Waals surface area contributed by atoms with Gasteiger partial charge in [0.05, 0.1) is 5.54 Å². The number of halogens is 1. The van der Waals surface area contributed by atoms with E-state index < -0.39 is 0 Å². The minimum absolute atomic E-state index is 0.0108. The van der Waals surface area contributed by atoms with Crippen LogP contribution in [0.25, 0.3) is 0 Å². The lowest BCUT2D eigenvalue weighted by atomic mass is 9.72. The molecule has 1 aliphatic carbocycles. The van der Waals surface area contributed by atoms with E-state index in [0.29, 0.717) is 5.02 Å². The Balaban J connectivity index is 1.73. The van der Waals surface area contributed by atoms with Crippen molar-refractivity contribution in [2.45, 2.75) is 31.3 Å². The molecule has 0 aliphatic heterocycles. The van der Waals surface area contributed by atoms with E-state index in [1.54, 1.807) is 17.1 Å². The van der Waals surface area contributed by atoms with Crippen LogP contribution in [0.5, 0.6) is 0 Å². The van der Waals surface area contributed by atoms with Crippen molar-refractivity contribution < 1.29 is 4.79 Å². The highest BCUT2D eigenvalue weighted by atomic mass is 35.5. The summed E-state index contributed by atoms with van der Waals surface area (Å²) in [6.45, 7) is 0.252. The van der Waals surface area contributed by atoms with Crippen molar-refractivity contribution in [1.82, 2.24) is 15.1 Å². The normalized spacial score (nSPS) is 16.4. The standard InChI is InChI=1S/C15H16ClN3O/c16-13-5-3-12(4-6-13)15(7-1-8-15)18-14(20)11-19-10-2-9-17-19/h2-6,9-10H,1,7-8,11H2,(H,18,20). The summed E-state index contributed by atoms with van der Waals surface area (Å²) < 4.78 is 1.63. The third-order valence-electron chi connectivity index (χ3n) is 3.85. The van der Waals surface area contributed by atoms with E-state index in [9.17, 15) is 4.79 Å². The molecule has 0 atom stereocenters. The summed E-state index contributed by atoms with van der Waals surface area (Å²) in [6.07, 6.45) is 6.53. The molecule has 0 radical (unpaired) electrons. The van der Waals surface area contributed by atoms with Crippen molar-refractivity contribution in [3.8, 4) is 0 Å². The molecule has 1 saturated carbocycles. The Kier molecular flexibility index (Phi) is 3.49. The van der Waals surface area contributed by atoms with Crippen LogP contribution in [0, 0.1) is 0 Å². The van der Waals surface area contributed by atoms with E-state index in [1.807, 2.05) is 30.3 Å². The van der Waals surface area contributed by atoms with Gasteiger partial charge in [-0.15, -0.1) is 0 Å². The maximum atomic E-state index is 12.2. The molecule has 2 aromatic rings. The average molecular weight is 290 g/mol. The molecule has 1 N–H and O–H groups in total. The lowest BCUT2D eigenvalue weighted by molar-refractivity contribution is -0.125. The van der Waals surface area contributed by atoms with Crippen LogP contribution < -0.4 is 5.32 Å². The fraction of sp³-hybridized carbons (Fsp3) is 0.333. The van der Waals surface area contributed by atoms with Crippen molar-refractivity contribution in [2.24, 2.45) is 0 Å². The molecule has 1 fully saturated rings. The molecule has 20 heavy (non-hydrogen) atoms. The highest BCUT2D eigenvalue weighted by Gasteiger charge is 2.39. The van der Waals surface area contributed by atoms with Gasteiger partial charge in [-0.25, -0.2) is 0 Å². The number of amides is 1. The van der Waals surface area contributed by atoms with Gasteiger partial charge in [0.2, 0.25) is 5.91 Å².